The lowest BCUT2D eigenvalue weighted by Gasteiger charge is -2.15. The Kier molecular flexibility index (Phi) is 5.01. The van der Waals surface area contributed by atoms with Gasteiger partial charge in [0.2, 0.25) is 0 Å². The molecule has 1 rings (SSSR count). The molecule has 0 fully saturated rings. The molecule has 0 radical (unpaired) electrons. The molecule has 0 bridgehead atoms. The van der Waals surface area contributed by atoms with Crippen molar-refractivity contribution in [2.75, 3.05) is 6.61 Å². The lowest BCUT2D eigenvalue weighted by Crippen LogP contribution is -2.22. The molecule has 0 unspecified atom stereocenters. The van der Waals surface area contributed by atoms with Crippen LogP contribution in [0.3, 0.4) is 0 Å². The van der Waals surface area contributed by atoms with E-state index in [1.807, 2.05) is 0 Å². The summed E-state index contributed by atoms with van der Waals surface area (Å²) >= 11 is 0. The third-order valence-corrected chi connectivity index (χ3v) is 4.10. The zero-order valence-corrected chi connectivity index (χ0v) is 11.8. The topological polar surface area (TPSA) is 9.23 Å². The Morgan fingerprint density at radius 3 is 2.06 bits per heavy atom. The van der Waals surface area contributed by atoms with Gasteiger partial charge in [0, 0.05) is 13.6 Å². The second-order valence-electron chi connectivity index (χ2n) is 5.26. The van der Waals surface area contributed by atoms with Crippen LogP contribution in [0.15, 0.2) is 30.3 Å². The molecular weight excluding hydrogens is 257 g/mol. The van der Waals surface area contributed by atoms with Crippen molar-refractivity contribution in [3.63, 3.8) is 0 Å². The van der Waals surface area contributed by atoms with Crippen LogP contribution in [-0.2, 0) is 0 Å². The Morgan fingerprint density at radius 1 is 1.06 bits per heavy atom. The number of halogens is 3. The molecule has 18 heavy (non-hydrogen) atoms. The van der Waals surface area contributed by atoms with Crippen LogP contribution >= 0.6 is 0 Å². The molecule has 0 aliphatic rings. The molecule has 0 aliphatic heterocycles. The van der Waals surface area contributed by atoms with Crippen molar-refractivity contribution in [2.45, 2.75) is 25.7 Å². The molecule has 100 valence electrons. The van der Waals surface area contributed by atoms with Gasteiger partial charge in [-0.15, -0.1) is 0 Å². The highest BCUT2D eigenvalue weighted by Gasteiger charge is 2.13. The summed E-state index contributed by atoms with van der Waals surface area (Å²) in [5.74, 6) is -0.910. The summed E-state index contributed by atoms with van der Waals surface area (Å²) in [5.41, 5.74) is -0.132. The molecule has 1 aromatic carbocycles. The molecule has 0 atom stereocenters. The van der Waals surface area contributed by atoms with Gasteiger partial charge in [-0.05, 0) is 30.3 Å². The van der Waals surface area contributed by atoms with E-state index in [1.54, 1.807) is 0 Å². The Hall–Kier alpha value is -1.23. The fourth-order valence-corrected chi connectivity index (χ4v) is 2.00. The molecule has 0 spiro atoms. The summed E-state index contributed by atoms with van der Waals surface area (Å²) in [5, 5.41) is 0. The Morgan fingerprint density at radius 2 is 1.61 bits per heavy atom. The van der Waals surface area contributed by atoms with Gasteiger partial charge in [0.15, 0.2) is 5.83 Å². The van der Waals surface area contributed by atoms with E-state index >= 15 is 0 Å². The van der Waals surface area contributed by atoms with Crippen LogP contribution in [0, 0.1) is 0 Å². The zero-order chi connectivity index (χ0) is 13.8. The quantitative estimate of drug-likeness (QED) is 0.691. The summed E-state index contributed by atoms with van der Waals surface area (Å²) in [4.78, 5) is 0. The van der Waals surface area contributed by atoms with Crippen molar-refractivity contribution in [1.29, 1.82) is 0 Å². The largest absolute Gasteiger partial charge is 0.494 e. The smallest absolute Gasteiger partial charge is 0.306 e. The first-order valence-corrected chi connectivity index (χ1v) is 9.44. The van der Waals surface area contributed by atoms with Crippen molar-refractivity contribution >= 4 is 13.9 Å². The summed E-state index contributed by atoms with van der Waals surface area (Å²) in [6.45, 7) is 7.32. The normalized spacial score (nSPS) is 11.2. The Bertz CT molecular complexity index is 417. The average molecular weight is 274 g/mol. The molecule has 0 N–H and O–H groups in total. The van der Waals surface area contributed by atoms with Gasteiger partial charge in [0.25, 0.3) is 0 Å². The number of hydrogen-bond acceptors (Lipinski definition) is 1. The number of hydrogen-bond donors (Lipinski definition) is 0. The summed E-state index contributed by atoms with van der Waals surface area (Å²) < 4.78 is 42.4. The van der Waals surface area contributed by atoms with Gasteiger partial charge in [-0.1, -0.05) is 19.6 Å². The standard InChI is InChI=1S/C13H17F3OSi/c1-18(2,3)9-8-17-11-6-4-10(5-7-11)12(14)13(15)16/h4-7H,8-9H2,1-3H3. The lowest BCUT2D eigenvalue weighted by molar-refractivity contribution is 0.338. The Labute approximate surface area is 106 Å². The van der Waals surface area contributed by atoms with Crippen molar-refractivity contribution in [1.82, 2.24) is 0 Å². The van der Waals surface area contributed by atoms with E-state index in [0.29, 0.717) is 12.4 Å². The predicted octanol–water partition coefficient (Wildman–Crippen LogP) is 4.94. The van der Waals surface area contributed by atoms with Gasteiger partial charge < -0.3 is 4.74 Å². The number of ether oxygens (including phenoxy) is 1. The van der Waals surface area contributed by atoms with E-state index in [9.17, 15) is 13.2 Å². The van der Waals surface area contributed by atoms with E-state index < -0.39 is 20.0 Å². The van der Waals surface area contributed by atoms with E-state index in [1.165, 1.54) is 24.3 Å². The molecule has 0 aliphatic carbocycles. The van der Waals surface area contributed by atoms with E-state index in [2.05, 4.69) is 19.6 Å². The summed E-state index contributed by atoms with van der Waals surface area (Å²) in [6.07, 6.45) is -2.30. The third kappa shape index (κ3) is 4.95. The second kappa shape index (κ2) is 6.09. The van der Waals surface area contributed by atoms with Crippen molar-refractivity contribution in [2.24, 2.45) is 0 Å². The minimum absolute atomic E-state index is 0.132. The average Bonchev–Trinajstić information content (AvgIpc) is 2.27. The lowest BCUT2D eigenvalue weighted by atomic mass is 10.2. The predicted molar refractivity (Wildman–Crippen MR) is 70.3 cm³/mol. The second-order valence-corrected chi connectivity index (χ2v) is 10.9. The first-order valence-electron chi connectivity index (χ1n) is 5.73. The molecule has 1 nitrogen and oxygen atoms in total. The maximum absolute atomic E-state index is 12.9. The maximum Gasteiger partial charge on any atom is 0.306 e. The summed E-state index contributed by atoms with van der Waals surface area (Å²) in [7, 11) is -1.15. The van der Waals surface area contributed by atoms with E-state index in [0.717, 1.165) is 6.04 Å². The first kappa shape index (κ1) is 14.8. The minimum atomic E-state index is -2.30. The van der Waals surface area contributed by atoms with Crippen LogP contribution in [0.4, 0.5) is 13.2 Å². The van der Waals surface area contributed by atoms with Gasteiger partial charge >= 0.3 is 6.08 Å². The monoisotopic (exact) mass is 274 g/mol. The first-order chi connectivity index (χ1) is 8.29. The fourth-order valence-electron chi connectivity index (χ4n) is 1.28. The highest BCUT2D eigenvalue weighted by molar-refractivity contribution is 6.76. The van der Waals surface area contributed by atoms with Gasteiger partial charge in [-0.3, -0.25) is 0 Å². The Balaban J connectivity index is 2.59. The molecule has 0 heterocycles. The maximum atomic E-state index is 12.9. The van der Waals surface area contributed by atoms with Crippen LogP contribution in [0.5, 0.6) is 5.75 Å². The van der Waals surface area contributed by atoms with Crippen molar-refractivity contribution < 1.29 is 17.9 Å². The van der Waals surface area contributed by atoms with Crippen LogP contribution in [0.1, 0.15) is 5.56 Å². The number of rotatable bonds is 5. The summed E-state index contributed by atoms with van der Waals surface area (Å²) in [6, 6.07) is 6.60. The van der Waals surface area contributed by atoms with Gasteiger partial charge in [-0.2, -0.15) is 8.78 Å². The molecule has 0 saturated carbocycles. The minimum Gasteiger partial charge on any atom is -0.494 e. The van der Waals surface area contributed by atoms with Crippen molar-refractivity contribution in [3.05, 3.63) is 35.9 Å². The highest BCUT2D eigenvalue weighted by atomic mass is 28.3. The van der Waals surface area contributed by atoms with Crippen LogP contribution in [-0.4, -0.2) is 14.7 Å². The van der Waals surface area contributed by atoms with Gasteiger partial charge in [0.05, 0.1) is 6.61 Å². The van der Waals surface area contributed by atoms with E-state index in [4.69, 9.17) is 4.74 Å². The zero-order valence-electron chi connectivity index (χ0n) is 10.8. The molecule has 0 aromatic heterocycles. The van der Waals surface area contributed by atoms with Gasteiger partial charge in [-0.25, -0.2) is 4.39 Å². The van der Waals surface area contributed by atoms with Crippen LogP contribution < -0.4 is 4.74 Å². The van der Waals surface area contributed by atoms with Crippen LogP contribution in [0.2, 0.25) is 25.7 Å². The highest BCUT2D eigenvalue weighted by Crippen LogP contribution is 2.24. The molecule has 0 amide bonds. The SMILES string of the molecule is C[Si](C)(C)CCOc1ccc(C(F)=C(F)F)cc1. The van der Waals surface area contributed by atoms with Crippen LogP contribution in [0.25, 0.3) is 5.83 Å². The van der Waals surface area contributed by atoms with Gasteiger partial charge in [0.1, 0.15) is 5.75 Å². The third-order valence-electron chi connectivity index (χ3n) is 2.39. The molecule has 0 saturated heterocycles. The fraction of sp³-hybridized carbons (Fsp3) is 0.385. The number of benzene rings is 1. The van der Waals surface area contributed by atoms with E-state index in [-0.39, 0.29) is 5.56 Å². The molecular formula is C13H17F3OSi. The van der Waals surface area contributed by atoms with Crippen molar-refractivity contribution in [3.8, 4) is 5.75 Å². The molecule has 5 heteroatoms. The molecule has 1 aromatic rings.